The number of hydrogen-bond acceptors (Lipinski definition) is 4. The topological polar surface area (TPSA) is 62.3 Å². The first kappa shape index (κ1) is 14.5. The lowest BCUT2D eigenvalue weighted by molar-refractivity contribution is -0.141. The Kier molecular flexibility index (Phi) is 4.37. The van der Waals surface area contributed by atoms with Crippen LogP contribution in [0.4, 0.5) is 5.82 Å². The summed E-state index contributed by atoms with van der Waals surface area (Å²) in [5, 5.41) is 3.06. The van der Waals surface area contributed by atoms with E-state index in [9.17, 15) is 9.59 Å². The SMILES string of the molecule is CCC(CC)N1C(=O)CC(Nc2ccc(C)cn2)C1=O. The van der Waals surface area contributed by atoms with Crippen molar-refractivity contribution >= 4 is 17.6 Å². The normalized spacial score (nSPS) is 19.0. The minimum absolute atomic E-state index is 0.00720. The van der Waals surface area contributed by atoms with Gasteiger partial charge >= 0.3 is 0 Å². The molecular weight excluding hydrogens is 254 g/mol. The molecule has 1 fully saturated rings. The van der Waals surface area contributed by atoms with Crippen molar-refractivity contribution in [3.05, 3.63) is 23.9 Å². The molecule has 1 aromatic heterocycles. The molecule has 1 unspecified atom stereocenters. The largest absolute Gasteiger partial charge is 0.358 e. The first-order valence-corrected chi connectivity index (χ1v) is 7.11. The van der Waals surface area contributed by atoms with Gasteiger partial charge in [0, 0.05) is 12.2 Å². The van der Waals surface area contributed by atoms with Gasteiger partial charge in [-0.25, -0.2) is 4.98 Å². The van der Waals surface area contributed by atoms with E-state index < -0.39 is 6.04 Å². The van der Waals surface area contributed by atoms with Crippen LogP contribution in [0.5, 0.6) is 0 Å². The number of amides is 2. The van der Waals surface area contributed by atoms with Gasteiger partial charge in [0.2, 0.25) is 5.91 Å². The average molecular weight is 275 g/mol. The third-order valence-corrected chi connectivity index (χ3v) is 3.72. The number of anilines is 1. The highest BCUT2D eigenvalue weighted by molar-refractivity contribution is 6.07. The minimum Gasteiger partial charge on any atom is -0.358 e. The molecule has 2 rings (SSSR count). The quantitative estimate of drug-likeness (QED) is 0.836. The fraction of sp³-hybridized carbons (Fsp3) is 0.533. The molecule has 0 radical (unpaired) electrons. The van der Waals surface area contributed by atoms with E-state index in [0.717, 1.165) is 18.4 Å². The molecule has 0 aliphatic carbocycles. The van der Waals surface area contributed by atoms with E-state index in [-0.39, 0.29) is 24.3 Å². The molecule has 2 amide bonds. The first-order chi connectivity index (χ1) is 9.56. The van der Waals surface area contributed by atoms with Gasteiger partial charge in [0.15, 0.2) is 0 Å². The Morgan fingerprint density at radius 1 is 1.35 bits per heavy atom. The summed E-state index contributed by atoms with van der Waals surface area (Å²) >= 11 is 0. The standard InChI is InChI=1S/C15H21N3O2/c1-4-11(5-2)18-14(19)8-12(15(18)20)17-13-7-6-10(3)9-16-13/h6-7,9,11-12H,4-5,8H2,1-3H3,(H,16,17). The molecule has 1 saturated heterocycles. The van der Waals surface area contributed by atoms with E-state index in [1.54, 1.807) is 6.20 Å². The zero-order valence-electron chi connectivity index (χ0n) is 12.2. The molecule has 0 spiro atoms. The molecule has 1 aromatic rings. The van der Waals surface area contributed by atoms with Crippen LogP contribution in [-0.4, -0.2) is 33.8 Å². The maximum absolute atomic E-state index is 12.4. The number of rotatable bonds is 5. The molecule has 0 aromatic carbocycles. The number of aryl methyl sites for hydroxylation is 1. The lowest BCUT2D eigenvalue weighted by atomic mass is 10.1. The summed E-state index contributed by atoms with van der Waals surface area (Å²) in [6.07, 6.45) is 3.54. The molecule has 108 valence electrons. The van der Waals surface area contributed by atoms with Crippen LogP contribution in [0, 0.1) is 6.92 Å². The van der Waals surface area contributed by atoms with E-state index in [1.807, 2.05) is 32.9 Å². The number of nitrogens with zero attached hydrogens (tertiary/aromatic N) is 2. The van der Waals surface area contributed by atoms with E-state index in [0.29, 0.717) is 5.82 Å². The second-order valence-corrected chi connectivity index (χ2v) is 5.19. The number of pyridine rings is 1. The lowest BCUT2D eigenvalue weighted by Gasteiger charge is -2.24. The highest BCUT2D eigenvalue weighted by atomic mass is 16.2. The number of aromatic nitrogens is 1. The fourth-order valence-electron chi connectivity index (χ4n) is 2.53. The Balaban J connectivity index is 2.09. The number of carbonyl (C=O) groups is 2. The predicted molar refractivity (Wildman–Crippen MR) is 77.2 cm³/mol. The molecule has 1 aliphatic rings. The van der Waals surface area contributed by atoms with Gasteiger partial charge in [0.1, 0.15) is 11.9 Å². The van der Waals surface area contributed by atoms with Crippen LogP contribution in [-0.2, 0) is 9.59 Å². The number of likely N-dealkylation sites (tertiary alicyclic amines) is 1. The van der Waals surface area contributed by atoms with Crippen LogP contribution in [0.15, 0.2) is 18.3 Å². The lowest BCUT2D eigenvalue weighted by Crippen LogP contribution is -2.41. The zero-order chi connectivity index (χ0) is 14.7. The van der Waals surface area contributed by atoms with E-state index >= 15 is 0 Å². The van der Waals surface area contributed by atoms with Crippen LogP contribution in [0.1, 0.15) is 38.7 Å². The van der Waals surface area contributed by atoms with Crippen LogP contribution in [0.3, 0.4) is 0 Å². The molecule has 2 heterocycles. The number of imide groups is 1. The van der Waals surface area contributed by atoms with Crippen molar-refractivity contribution in [2.24, 2.45) is 0 Å². The maximum atomic E-state index is 12.4. The molecule has 20 heavy (non-hydrogen) atoms. The van der Waals surface area contributed by atoms with Gasteiger partial charge in [-0.1, -0.05) is 19.9 Å². The van der Waals surface area contributed by atoms with Crippen molar-refractivity contribution in [2.45, 2.75) is 52.1 Å². The molecule has 1 atom stereocenters. The first-order valence-electron chi connectivity index (χ1n) is 7.11. The van der Waals surface area contributed by atoms with Crippen molar-refractivity contribution < 1.29 is 9.59 Å². The predicted octanol–water partition coefficient (Wildman–Crippen LogP) is 2.12. The summed E-state index contributed by atoms with van der Waals surface area (Å²) in [4.78, 5) is 30.0. The summed E-state index contributed by atoms with van der Waals surface area (Å²) in [5.74, 6) is 0.410. The maximum Gasteiger partial charge on any atom is 0.252 e. The summed E-state index contributed by atoms with van der Waals surface area (Å²) < 4.78 is 0. The Morgan fingerprint density at radius 3 is 2.60 bits per heavy atom. The smallest absolute Gasteiger partial charge is 0.252 e. The molecule has 5 heteroatoms. The van der Waals surface area contributed by atoms with Gasteiger partial charge in [0.25, 0.3) is 5.91 Å². The van der Waals surface area contributed by atoms with Gasteiger partial charge in [-0.15, -0.1) is 0 Å². The van der Waals surface area contributed by atoms with E-state index in [1.165, 1.54) is 4.90 Å². The van der Waals surface area contributed by atoms with Crippen molar-refractivity contribution in [1.82, 2.24) is 9.88 Å². The number of hydrogen-bond donors (Lipinski definition) is 1. The molecule has 0 bridgehead atoms. The van der Waals surface area contributed by atoms with Crippen LogP contribution >= 0.6 is 0 Å². The van der Waals surface area contributed by atoms with Gasteiger partial charge in [-0.05, 0) is 31.4 Å². The van der Waals surface area contributed by atoms with Crippen LogP contribution in [0.2, 0.25) is 0 Å². The Morgan fingerprint density at radius 2 is 2.05 bits per heavy atom. The Hall–Kier alpha value is -1.91. The second kappa shape index (κ2) is 6.03. The van der Waals surface area contributed by atoms with Crippen LogP contribution < -0.4 is 5.32 Å². The van der Waals surface area contributed by atoms with E-state index in [2.05, 4.69) is 10.3 Å². The summed E-state index contributed by atoms with van der Waals surface area (Å²) in [7, 11) is 0. The highest BCUT2D eigenvalue weighted by Gasteiger charge is 2.41. The molecule has 1 N–H and O–H groups in total. The molecular formula is C15H21N3O2. The highest BCUT2D eigenvalue weighted by Crippen LogP contribution is 2.22. The van der Waals surface area contributed by atoms with Crippen molar-refractivity contribution in [2.75, 3.05) is 5.32 Å². The fourth-order valence-corrected chi connectivity index (χ4v) is 2.53. The second-order valence-electron chi connectivity index (χ2n) is 5.19. The average Bonchev–Trinajstić information content (AvgIpc) is 2.71. The molecule has 5 nitrogen and oxygen atoms in total. The van der Waals surface area contributed by atoms with Gasteiger partial charge < -0.3 is 5.32 Å². The van der Waals surface area contributed by atoms with Gasteiger partial charge in [-0.3, -0.25) is 14.5 Å². The van der Waals surface area contributed by atoms with Crippen molar-refractivity contribution in [1.29, 1.82) is 0 Å². The summed E-state index contributed by atoms with van der Waals surface area (Å²) in [6, 6.07) is 3.27. The third kappa shape index (κ3) is 2.81. The number of carbonyl (C=O) groups excluding carboxylic acids is 2. The third-order valence-electron chi connectivity index (χ3n) is 3.72. The van der Waals surface area contributed by atoms with Gasteiger partial charge in [0.05, 0.1) is 6.42 Å². The zero-order valence-corrected chi connectivity index (χ0v) is 12.2. The molecule has 1 aliphatic heterocycles. The van der Waals surface area contributed by atoms with Crippen molar-refractivity contribution in [3.63, 3.8) is 0 Å². The summed E-state index contributed by atoms with van der Waals surface area (Å²) in [6.45, 7) is 5.95. The van der Waals surface area contributed by atoms with Gasteiger partial charge in [-0.2, -0.15) is 0 Å². The Labute approximate surface area is 119 Å². The Bertz CT molecular complexity index is 494. The number of nitrogens with one attached hydrogen (secondary N) is 1. The molecule has 0 saturated carbocycles. The summed E-state index contributed by atoms with van der Waals surface area (Å²) in [5.41, 5.74) is 1.06. The monoisotopic (exact) mass is 275 g/mol. The minimum atomic E-state index is -0.488. The van der Waals surface area contributed by atoms with Crippen molar-refractivity contribution in [3.8, 4) is 0 Å². The van der Waals surface area contributed by atoms with E-state index in [4.69, 9.17) is 0 Å². The van der Waals surface area contributed by atoms with Crippen LogP contribution in [0.25, 0.3) is 0 Å².